The van der Waals surface area contributed by atoms with Gasteiger partial charge in [0.2, 0.25) is 5.88 Å². The van der Waals surface area contributed by atoms with E-state index in [9.17, 15) is 13.2 Å². The number of hydrogen-bond donors (Lipinski definition) is 2. The average molecular weight is 418 g/mol. The Bertz CT molecular complexity index is 606. The Morgan fingerprint density at radius 1 is 1.34 bits per heavy atom. The lowest BCUT2D eigenvalue weighted by molar-refractivity contribution is -0.154. The first-order chi connectivity index (χ1) is 14.0. The summed E-state index contributed by atoms with van der Waals surface area (Å²) in [6.45, 7) is 5.43. The van der Waals surface area contributed by atoms with Crippen LogP contribution in [-0.4, -0.2) is 63.2 Å². The van der Waals surface area contributed by atoms with Crippen molar-refractivity contribution in [1.82, 2.24) is 15.6 Å². The van der Waals surface area contributed by atoms with Gasteiger partial charge in [-0.15, -0.1) is 0 Å². The number of ether oxygens (including phenoxy) is 3. The molecule has 0 aromatic carbocycles. The molecule has 7 nitrogen and oxygen atoms in total. The molecular weight excluding hydrogens is 389 g/mol. The summed E-state index contributed by atoms with van der Waals surface area (Å²) in [5.74, 6) is 1.11. The van der Waals surface area contributed by atoms with Crippen LogP contribution in [0.15, 0.2) is 23.3 Å². The Balaban J connectivity index is 1.67. The number of halogens is 3. The number of pyridine rings is 1. The molecule has 1 atom stereocenters. The van der Waals surface area contributed by atoms with Crippen molar-refractivity contribution in [2.75, 3.05) is 46.1 Å². The number of nitrogens with one attached hydrogen (secondary N) is 2. The van der Waals surface area contributed by atoms with Crippen LogP contribution in [0.5, 0.6) is 5.88 Å². The average Bonchev–Trinajstić information content (AvgIpc) is 3.21. The van der Waals surface area contributed by atoms with Crippen LogP contribution in [0.2, 0.25) is 0 Å². The predicted octanol–water partition coefficient (Wildman–Crippen LogP) is 2.52. The van der Waals surface area contributed by atoms with Crippen molar-refractivity contribution >= 4 is 5.96 Å². The third-order valence-corrected chi connectivity index (χ3v) is 4.08. The number of aliphatic imine (C=N–C) groups is 1. The molecule has 0 amide bonds. The van der Waals surface area contributed by atoms with Crippen molar-refractivity contribution in [3.8, 4) is 5.88 Å². The van der Waals surface area contributed by atoms with E-state index in [4.69, 9.17) is 9.47 Å². The van der Waals surface area contributed by atoms with Gasteiger partial charge < -0.3 is 24.8 Å². The van der Waals surface area contributed by atoms with Crippen molar-refractivity contribution < 1.29 is 27.4 Å². The highest BCUT2D eigenvalue weighted by molar-refractivity contribution is 5.79. The van der Waals surface area contributed by atoms with Crippen LogP contribution < -0.4 is 15.4 Å². The largest absolute Gasteiger partial charge is 0.468 e. The molecule has 0 aliphatic carbocycles. The minimum Gasteiger partial charge on any atom is -0.468 e. The van der Waals surface area contributed by atoms with Gasteiger partial charge in [0.1, 0.15) is 0 Å². The van der Waals surface area contributed by atoms with Crippen molar-refractivity contribution in [2.45, 2.75) is 32.5 Å². The Morgan fingerprint density at radius 3 is 2.86 bits per heavy atom. The minimum atomic E-state index is -4.38. The summed E-state index contributed by atoms with van der Waals surface area (Å²) in [4.78, 5) is 8.33. The summed E-state index contributed by atoms with van der Waals surface area (Å²) < 4.78 is 52.0. The van der Waals surface area contributed by atoms with Gasteiger partial charge in [-0.2, -0.15) is 13.2 Å². The van der Waals surface area contributed by atoms with E-state index in [1.54, 1.807) is 6.07 Å². The molecule has 2 heterocycles. The number of nitrogens with zero attached hydrogens (tertiary/aromatic N) is 2. The van der Waals surface area contributed by atoms with Crippen LogP contribution in [0, 0.1) is 5.92 Å². The molecule has 0 spiro atoms. The molecule has 2 N–H and O–H groups in total. The molecule has 0 bridgehead atoms. The number of rotatable bonds is 11. The van der Waals surface area contributed by atoms with Gasteiger partial charge in [-0.25, -0.2) is 9.98 Å². The molecule has 164 valence electrons. The van der Waals surface area contributed by atoms with E-state index < -0.39 is 12.8 Å². The van der Waals surface area contributed by atoms with Crippen molar-refractivity contribution in [3.05, 3.63) is 23.9 Å². The van der Waals surface area contributed by atoms with Crippen LogP contribution in [-0.2, 0) is 16.0 Å². The first-order valence-electron chi connectivity index (χ1n) is 9.78. The highest BCUT2D eigenvalue weighted by atomic mass is 19.4. The standard InChI is InChI=1S/C19H29F3N4O3/c1-2-23-18(24-7-3-8-27-12-16-6-9-28-13-16)26-11-15-4-5-17(25-10-15)29-14-19(20,21)22/h4-5,10,16H,2-3,6-9,11-14H2,1H3,(H2,23,24,26). The summed E-state index contributed by atoms with van der Waals surface area (Å²) in [5.41, 5.74) is 0.767. The monoisotopic (exact) mass is 418 g/mol. The van der Waals surface area contributed by atoms with Gasteiger partial charge >= 0.3 is 6.18 Å². The normalized spacial score (nSPS) is 17.4. The topological polar surface area (TPSA) is 77.0 Å². The van der Waals surface area contributed by atoms with Gasteiger partial charge in [0.25, 0.3) is 0 Å². The molecule has 1 saturated heterocycles. The quantitative estimate of drug-likeness (QED) is 0.327. The van der Waals surface area contributed by atoms with Crippen molar-refractivity contribution in [2.24, 2.45) is 10.9 Å². The second kappa shape index (κ2) is 12.5. The fraction of sp³-hybridized carbons (Fsp3) is 0.684. The van der Waals surface area contributed by atoms with Gasteiger partial charge in [-0.1, -0.05) is 6.07 Å². The Morgan fingerprint density at radius 2 is 2.21 bits per heavy atom. The van der Waals surface area contributed by atoms with Crippen molar-refractivity contribution in [1.29, 1.82) is 0 Å². The Kier molecular flexibility index (Phi) is 9.99. The SMILES string of the molecule is CCNC(=NCc1ccc(OCC(F)(F)F)nc1)NCCCOCC1CCOC1. The summed E-state index contributed by atoms with van der Waals surface area (Å²) in [6.07, 6.45) is -1.00. The Hall–Kier alpha value is -2.07. The highest BCUT2D eigenvalue weighted by Gasteiger charge is 2.28. The number of guanidine groups is 1. The third kappa shape index (κ3) is 10.3. The van der Waals surface area contributed by atoms with Crippen LogP contribution in [0.3, 0.4) is 0 Å². The summed E-state index contributed by atoms with van der Waals surface area (Å²) in [6, 6.07) is 3.05. The second-order valence-corrected chi connectivity index (χ2v) is 6.69. The van der Waals surface area contributed by atoms with E-state index in [-0.39, 0.29) is 5.88 Å². The smallest absolute Gasteiger partial charge is 0.422 e. The van der Waals surface area contributed by atoms with E-state index in [1.165, 1.54) is 12.3 Å². The minimum absolute atomic E-state index is 0.0655. The third-order valence-electron chi connectivity index (χ3n) is 4.08. The molecule has 0 saturated carbocycles. The Labute approximate surface area is 169 Å². The van der Waals surface area contributed by atoms with E-state index in [0.29, 0.717) is 31.6 Å². The molecule has 10 heteroatoms. The van der Waals surface area contributed by atoms with E-state index in [0.717, 1.165) is 44.8 Å². The zero-order valence-corrected chi connectivity index (χ0v) is 16.6. The van der Waals surface area contributed by atoms with Crippen LogP contribution in [0.1, 0.15) is 25.3 Å². The summed E-state index contributed by atoms with van der Waals surface area (Å²) in [5, 5.41) is 6.38. The van der Waals surface area contributed by atoms with Crippen LogP contribution >= 0.6 is 0 Å². The molecule has 1 aliphatic rings. The lowest BCUT2D eigenvalue weighted by atomic mass is 10.1. The molecule has 1 fully saturated rings. The van der Waals surface area contributed by atoms with Crippen molar-refractivity contribution in [3.63, 3.8) is 0 Å². The highest BCUT2D eigenvalue weighted by Crippen LogP contribution is 2.17. The fourth-order valence-corrected chi connectivity index (χ4v) is 2.60. The van der Waals surface area contributed by atoms with E-state index in [1.807, 2.05) is 6.92 Å². The van der Waals surface area contributed by atoms with E-state index >= 15 is 0 Å². The van der Waals surface area contributed by atoms with Gasteiger partial charge in [0, 0.05) is 44.5 Å². The molecule has 1 aromatic rings. The van der Waals surface area contributed by atoms with Gasteiger partial charge in [0.05, 0.1) is 19.8 Å². The molecular formula is C19H29F3N4O3. The number of aromatic nitrogens is 1. The van der Waals surface area contributed by atoms with E-state index in [2.05, 4.69) is 25.3 Å². The predicted molar refractivity (Wildman–Crippen MR) is 103 cm³/mol. The van der Waals surface area contributed by atoms with Crippen LogP contribution in [0.4, 0.5) is 13.2 Å². The lowest BCUT2D eigenvalue weighted by Gasteiger charge is -2.12. The number of hydrogen-bond acceptors (Lipinski definition) is 5. The molecule has 2 rings (SSSR count). The lowest BCUT2D eigenvalue weighted by Crippen LogP contribution is -2.38. The first-order valence-corrected chi connectivity index (χ1v) is 9.78. The second-order valence-electron chi connectivity index (χ2n) is 6.69. The van der Waals surface area contributed by atoms with Gasteiger partial charge in [-0.3, -0.25) is 0 Å². The fourth-order valence-electron chi connectivity index (χ4n) is 2.60. The zero-order chi connectivity index (χ0) is 21.0. The zero-order valence-electron chi connectivity index (χ0n) is 16.6. The molecule has 0 radical (unpaired) electrons. The summed E-state index contributed by atoms with van der Waals surface area (Å²) in [7, 11) is 0. The maximum absolute atomic E-state index is 12.1. The maximum Gasteiger partial charge on any atom is 0.422 e. The number of alkyl halides is 3. The molecule has 1 aliphatic heterocycles. The van der Waals surface area contributed by atoms with Crippen LogP contribution in [0.25, 0.3) is 0 Å². The van der Waals surface area contributed by atoms with Gasteiger partial charge in [0.15, 0.2) is 12.6 Å². The molecule has 29 heavy (non-hydrogen) atoms. The molecule has 1 aromatic heterocycles. The maximum atomic E-state index is 12.1. The molecule has 1 unspecified atom stereocenters. The summed E-state index contributed by atoms with van der Waals surface area (Å²) >= 11 is 0. The first kappa shape index (κ1) is 23.2. The van der Waals surface area contributed by atoms with Gasteiger partial charge in [-0.05, 0) is 25.3 Å².